The fraction of sp³-hybridized carbons (Fsp3) is 0.222. The molecule has 0 aliphatic heterocycles. The highest BCUT2D eigenvalue weighted by atomic mass is 19.1. The smallest absolute Gasteiger partial charge is 0.343 e. The predicted molar refractivity (Wildman–Crippen MR) is 45.6 cm³/mol. The van der Waals surface area contributed by atoms with E-state index in [-0.39, 0.29) is 12.1 Å². The van der Waals surface area contributed by atoms with Crippen molar-refractivity contribution in [3.05, 3.63) is 34.9 Å². The number of nitrogens with two attached hydrogens (primary N) is 1. The lowest BCUT2D eigenvalue weighted by atomic mass is 10.1. The van der Waals surface area contributed by atoms with Crippen molar-refractivity contribution in [3.8, 4) is 0 Å². The molecule has 0 atom stereocenters. The number of carbonyl (C=O) groups is 1. The first kappa shape index (κ1) is 10.6. The van der Waals surface area contributed by atoms with Crippen LogP contribution in [0.5, 0.6) is 0 Å². The van der Waals surface area contributed by atoms with E-state index in [1.54, 1.807) is 0 Å². The number of esters is 1. The van der Waals surface area contributed by atoms with Crippen molar-refractivity contribution in [2.24, 2.45) is 5.73 Å². The molecule has 1 rings (SSSR count). The Bertz CT molecular complexity index is 343. The molecule has 0 fully saturated rings. The van der Waals surface area contributed by atoms with Gasteiger partial charge in [0.2, 0.25) is 0 Å². The third-order valence-electron chi connectivity index (χ3n) is 1.73. The number of hydrogen-bond acceptors (Lipinski definition) is 3. The van der Waals surface area contributed by atoms with E-state index >= 15 is 0 Å². The van der Waals surface area contributed by atoms with Crippen molar-refractivity contribution in [1.82, 2.24) is 0 Å². The average Bonchev–Trinajstić information content (AvgIpc) is 2.16. The summed E-state index contributed by atoms with van der Waals surface area (Å²) in [5, 5.41) is 0. The second-order valence-electron chi connectivity index (χ2n) is 2.63. The Morgan fingerprint density at radius 3 is 2.29 bits per heavy atom. The van der Waals surface area contributed by atoms with Crippen LogP contribution in [0, 0.1) is 11.6 Å². The molecule has 5 heteroatoms. The zero-order chi connectivity index (χ0) is 10.7. The van der Waals surface area contributed by atoms with E-state index in [9.17, 15) is 13.6 Å². The minimum atomic E-state index is -1.04. The molecular weight excluding hydrogens is 192 g/mol. The van der Waals surface area contributed by atoms with E-state index < -0.39 is 23.2 Å². The number of halogens is 2. The quantitative estimate of drug-likeness (QED) is 0.731. The first-order valence-electron chi connectivity index (χ1n) is 3.86. The fourth-order valence-corrected chi connectivity index (χ4v) is 1.04. The molecule has 0 heterocycles. The zero-order valence-electron chi connectivity index (χ0n) is 7.51. The molecule has 0 unspecified atom stereocenters. The van der Waals surface area contributed by atoms with Crippen LogP contribution in [-0.4, -0.2) is 13.1 Å². The molecule has 2 N–H and O–H groups in total. The normalized spacial score (nSPS) is 10.0. The second kappa shape index (κ2) is 4.15. The average molecular weight is 201 g/mol. The predicted octanol–water partition coefficient (Wildman–Crippen LogP) is 1.21. The van der Waals surface area contributed by atoms with Gasteiger partial charge < -0.3 is 10.5 Å². The van der Waals surface area contributed by atoms with Crippen LogP contribution < -0.4 is 5.73 Å². The van der Waals surface area contributed by atoms with Crippen molar-refractivity contribution >= 4 is 5.97 Å². The first-order chi connectivity index (χ1) is 6.60. The van der Waals surface area contributed by atoms with Crippen LogP contribution >= 0.6 is 0 Å². The van der Waals surface area contributed by atoms with Gasteiger partial charge in [0.25, 0.3) is 0 Å². The van der Waals surface area contributed by atoms with Gasteiger partial charge in [-0.1, -0.05) is 0 Å². The second-order valence-corrected chi connectivity index (χ2v) is 2.63. The highest BCUT2D eigenvalue weighted by molar-refractivity contribution is 5.90. The molecule has 0 aromatic heterocycles. The Morgan fingerprint density at radius 1 is 1.43 bits per heavy atom. The number of carbonyl (C=O) groups excluding carboxylic acids is 1. The molecule has 1 aromatic carbocycles. The molecule has 0 bridgehead atoms. The zero-order valence-corrected chi connectivity index (χ0v) is 7.51. The SMILES string of the molecule is COC(=O)c1c(F)cc(CN)cc1F. The summed E-state index contributed by atoms with van der Waals surface area (Å²) < 4.78 is 30.5. The molecule has 1 aromatic rings. The minimum absolute atomic E-state index is 0.00922. The fourth-order valence-electron chi connectivity index (χ4n) is 1.04. The van der Waals surface area contributed by atoms with Crippen LogP contribution in [0.3, 0.4) is 0 Å². The number of ether oxygens (including phenoxy) is 1. The summed E-state index contributed by atoms with van der Waals surface area (Å²) in [6, 6.07) is 2.02. The summed E-state index contributed by atoms with van der Waals surface area (Å²) in [6.07, 6.45) is 0. The lowest BCUT2D eigenvalue weighted by molar-refractivity contribution is 0.0590. The number of hydrogen-bond donors (Lipinski definition) is 1. The van der Waals surface area contributed by atoms with Gasteiger partial charge in [0.05, 0.1) is 7.11 Å². The number of benzene rings is 1. The Balaban J connectivity index is 3.25. The van der Waals surface area contributed by atoms with Crippen LogP contribution in [0.25, 0.3) is 0 Å². The van der Waals surface area contributed by atoms with Gasteiger partial charge in [0.15, 0.2) is 0 Å². The first-order valence-corrected chi connectivity index (χ1v) is 3.86. The van der Waals surface area contributed by atoms with Crippen LogP contribution in [0.2, 0.25) is 0 Å². The molecule has 0 saturated carbocycles. The summed E-state index contributed by atoms with van der Waals surface area (Å²) in [5.74, 6) is -2.96. The lowest BCUT2D eigenvalue weighted by Crippen LogP contribution is -2.09. The highest BCUT2D eigenvalue weighted by Crippen LogP contribution is 2.16. The lowest BCUT2D eigenvalue weighted by Gasteiger charge is -2.04. The van der Waals surface area contributed by atoms with E-state index in [1.807, 2.05) is 0 Å². The Morgan fingerprint density at radius 2 is 1.93 bits per heavy atom. The largest absolute Gasteiger partial charge is 0.465 e. The highest BCUT2D eigenvalue weighted by Gasteiger charge is 2.18. The summed E-state index contributed by atoms with van der Waals surface area (Å²) in [4.78, 5) is 10.9. The Hall–Kier alpha value is -1.49. The molecule has 0 spiro atoms. The van der Waals surface area contributed by atoms with Gasteiger partial charge in [-0.25, -0.2) is 13.6 Å². The van der Waals surface area contributed by atoms with Crippen LogP contribution in [0.4, 0.5) is 8.78 Å². The molecule has 0 saturated heterocycles. The Kier molecular flexibility index (Phi) is 3.14. The molecule has 76 valence electrons. The maximum atomic E-state index is 13.1. The van der Waals surface area contributed by atoms with Gasteiger partial charge in [0, 0.05) is 6.54 Å². The van der Waals surface area contributed by atoms with E-state index in [1.165, 1.54) is 0 Å². The summed E-state index contributed by atoms with van der Waals surface area (Å²) >= 11 is 0. The van der Waals surface area contributed by atoms with Crippen LogP contribution in [0.15, 0.2) is 12.1 Å². The Labute approximate surface area is 79.5 Å². The maximum Gasteiger partial charge on any atom is 0.343 e. The van der Waals surface area contributed by atoms with E-state index in [4.69, 9.17) is 5.73 Å². The molecule has 0 aliphatic carbocycles. The van der Waals surface area contributed by atoms with Crippen molar-refractivity contribution in [1.29, 1.82) is 0 Å². The molecule has 14 heavy (non-hydrogen) atoms. The molecule has 0 amide bonds. The van der Waals surface area contributed by atoms with E-state index in [2.05, 4.69) is 4.74 Å². The van der Waals surface area contributed by atoms with Crippen molar-refractivity contribution < 1.29 is 18.3 Å². The van der Waals surface area contributed by atoms with Gasteiger partial charge in [-0.05, 0) is 17.7 Å². The molecule has 0 radical (unpaired) electrons. The van der Waals surface area contributed by atoms with Gasteiger partial charge in [-0.3, -0.25) is 0 Å². The third-order valence-corrected chi connectivity index (χ3v) is 1.73. The monoisotopic (exact) mass is 201 g/mol. The van der Waals surface area contributed by atoms with Crippen molar-refractivity contribution in [3.63, 3.8) is 0 Å². The molecular formula is C9H9F2NO2. The van der Waals surface area contributed by atoms with Crippen LogP contribution in [0.1, 0.15) is 15.9 Å². The van der Waals surface area contributed by atoms with Gasteiger partial charge >= 0.3 is 5.97 Å². The molecule has 0 aliphatic rings. The summed E-state index contributed by atoms with van der Waals surface area (Å²) in [5.41, 5.74) is 4.79. The summed E-state index contributed by atoms with van der Waals surface area (Å²) in [6.45, 7) is 0.00922. The number of rotatable bonds is 2. The van der Waals surface area contributed by atoms with Crippen LogP contribution in [-0.2, 0) is 11.3 Å². The van der Waals surface area contributed by atoms with Gasteiger partial charge in [-0.15, -0.1) is 0 Å². The third kappa shape index (κ3) is 1.88. The maximum absolute atomic E-state index is 13.1. The van der Waals surface area contributed by atoms with Gasteiger partial charge in [-0.2, -0.15) is 0 Å². The standard InChI is InChI=1S/C9H9F2NO2/c1-14-9(13)8-6(10)2-5(4-12)3-7(8)11/h2-3H,4,12H2,1H3. The topological polar surface area (TPSA) is 52.3 Å². The van der Waals surface area contributed by atoms with Crippen molar-refractivity contribution in [2.75, 3.05) is 7.11 Å². The van der Waals surface area contributed by atoms with E-state index in [0.29, 0.717) is 0 Å². The van der Waals surface area contributed by atoms with Crippen molar-refractivity contribution in [2.45, 2.75) is 6.54 Å². The minimum Gasteiger partial charge on any atom is -0.465 e. The molecule has 3 nitrogen and oxygen atoms in total. The number of methoxy groups -OCH3 is 1. The van der Waals surface area contributed by atoms with E-state index in [0.717, 1.165) is 19.2 Å². The summed E-state index contributed by atoms with van der Waals surface area (Å²) in [7, 11) is 1.05. The van der Waals surface area contributed by atoms with Gasteiger partial charge in [0.1, 0.15) is 17.2 Å².